The summed E-state index contributed by atoms with van der Waals surface area (Å²) in [6.45, 7) is 4.53. The number of carbonyl (C=O) groups is 1. The molecule has 6 nitrogen and oxygen atoms in total. The molecule has 1 aromatic carbocycles. The Balaban J connectivity index is 1.64. The van der Waals surface area contributed by atoms with Crippen LogP contribution >= 0.6 is 0 Å². The maximum absolute atomic E-state index is 12.2. The van der Waals surface area contributed by atoms with Crippen LogP contribution in [0.1, 0.15) is 38.4 Å². The molecule has 2 heterocycles. The molecule has 3 rings (SSSR count). The van der Waals surface area contributed by atoms with Gasteiger partial charge in [0.25, 0.3) is 5.91 Å². The van der Waals surface area contributed by atoms with Crippen molar-refractivity contribution in [2.45, 2.75) is 44.9 Å². The van der Waals surface area contributed by atoms with Gasteiger partial charge in [-0.25, -0.2) is 0 Å². The first kappa shape index (κ1) is 16.7. The van der Waals surface area contributed by atoms with E-state index in [1.54, 1.807) is 6.92 Å². The van der Waals surface area contributed by atoms with Crippen LogP contribution in [0.3, 0.4) is 0 Å². The molecule has 0 aromatic heterocycles. The molecule has 1 amide bonds. The number of nitrogens with two attached hydrogens (primary N) is 1. The summed E-state index contributed by atoms with van der Waals surface area (Å²) in [7, 11) is 0. The van der Waals surface area contributed by atoms with Crippen molar-refractivity contribution < 1.29 is 9.53 Å². The molecule has 0 saturated carbocycles. The third-order valence-corrected chi connectivity index (χ3v) is 4.79. The lowest BCUT2D eigenvalue weighted by Gasteiger charge is -2.23. The number of fused-ring (bicyclic) bond motifs is 2. The molecule has 2 bridgehead atoms. The van der Waals surface area contributed by atoms with Gasteiger partial charge in [0.1, 0.15) is 5.71 Å². The van der Waals surface area contributed by atoms with Crippen molar-refractivity contribution in [3.63, 3.8) is 0 Å². The number of ether oxygens (including phenoxy) is 1. The second kappa shape index (κ2) is 6.75. The highest BCUT2D eigenvalue weighted by Gasteiger charge is 2.41. The van der Waals surface area contributed by atoms with Crippen LogP contribution in [-0.2, 0) is 9.53 Å². The summed E-state index contributed by atoms with van der Waals surface area (Å²) in [5.41, 5.74) is 8.56. The summed E-state index contributed by atoms with van der Waals surface area (Å²) < 4.78 is 5.97. The van der Waals surface area contributed by atoms with Crippen LogP contribution < -0.4 is 16.4 Å². The van der Waals surface area contributed by atoms with E-state index in [0.717, 1.165) is 18.5 Å². The number of benzene rings is 1. The standard InChI is InChI=1S/C18H24N4O2/c1-3-14(19)10(2)16(20)18(23)22-12-6-4-11(5-7-12)17-15-8-13(24-17)9-21-15/h4-7,13,15,17,20-21H,3,8-9,19H2,1-2H3,(H,22,23)/b14-10-,20-16?/t13-,15-,17+/m1/s1. The van der Waals surface area contributed by atoms with E-state index in [-0.39, 0.29) is 11.8 Å². The lowest BCUT2D eigenvalue weighted by Crippen LogP contribution is -2.34. The van der Waals surface area contributed by atoms with E-state index in [4.69, 9.17) is 15.9 Å². The molecule has 0 unspecified atom stereocenters. The van der Waals surface area contributed by atoms with Crippen LogP contribution in [0.25, 0.3) is 0 Å². The quantitative estimate of drug-likeness (QED) is 0.622. The lowest BCUT2D eigenvalue weighted by molar-refractivity contribution is -0.110. The number of carbonyl (C=O) groups excluding carboxylic acids is 1. The topological polar surface area (TPSA) is 100 Å². The zero-order valence-corrected chi connectivity index (χ0v) is 14.1. The van der Waals surface area contributed by atoms with Crippen molar-refractivity contribution >= 4 is 17.3 Å². The molecular formula is C18H24N4O2. The number of rotatable bonds is 5. The molecule has 2 aliphatic heterocycles. The lowest BCUT2D eigenvalue weighted by atomic mass is 10.0. The monoisotopic (exact) mass is 328 g/mol. The number of morpholine rings is 1. The molecule has 24 heavy (non-hydrogen) atoms. The number of hydrogen-bond acceptors (Lipinski definition) is 5. The molecule has 0 radical (unpaired) electrons. The Bertz CT molecular complexity index is 681. The summed E-state index contributed by atoms with van der Waals surface area (Å²) in [6.07, 6.45) is 2.08. The highest BCUT2D eigenvalue weighted by Crippen LogP contribution is 2.37. The SMILES string of the molecule is CC/C(N)=C(\C)C(=N)C(=O)Nc1ccc([C@@H]2O[C@H]3CN[C@@H]2C3)cc1. The minimum absolute atomic E-state index is 0.0846. The number of nitrogens with one attached hydrogen (secondary N) is 3. The first-order valence-corrected chi connectivity index (χ1v) is 8.34. The number of allylic oxidation sites excluding steroid dienone is 1. The normalized spacial score (nSPS) is 26.2. The van der Waals surface area contributed by atoms with E-state index in [2.05, 4.69) is 10.6 Å². The van der Waals surface area contributed by atoms with Crippen LogP contribution in [0.5, 0.6) is 0 Å². The fraction of sp³-hybridized carbons (Fsp3) is 0.444. The first-order valence-electron chi connectivity index (χ1n) is 8.34. The van der Waals surface area contributed by atoms with Crippen molar-refractivity contribution in [2.75, 3.05) is 11.9 Å². The summed E-state index contributed by atoms with van der Waals surface area (Å²) in [6, 6.07) is 8.01. The van der Waals surface area contributed by atoms with Crippen molar-refractivity contribution in [3.8, 4) is 0 Å². The average molecular weight is 328 g/mol. The molecular weight excluding hydrogens is 304 g/mol. The van der Waals surface area contributed by atoms with E-state index in [0.29, 0.717) is 35.5 Å². The van der Waals surface area contributed by atoms with E-state index >= 15 is 0 Å². The largest absolute Gasteiger partial charge is 0.402 e. The zero-order valence-electron chi connectivity index (χ0n) is 14.1. The molecule has 2 saturated heterocycles. The van der Waals surface area contributed by atoms with Crippen molar-refractivity contribution in [1.82, 2.24) is 5.32 Å². The molecule has 2 aliphatic rings. The van der Waals surface area contributed by atoms with Gasteiger partial charge in [0.15, 0.2) is 0 Å². The molecule has 128 valence electrons. The zero-order chi connectivity index (χ0) is 17.3. The predicted octanol–water partition coefficient (Wildman–Crippen LogP) is 2.09. The molecule has 6 heteroatoms. The highest BCUT2D eigenvalue weighted by molar-refractivity contribution is 6.47. The molecule has 2 fully saturated rings. The molecule has 0 aliphatic carbocycles. The Kier molecular flexibility index (Phi) is 4.69. The second-order valence-corrected chi connectivity index (χ2v) is 6.38. The fourth-order valence-electron chi connectivity index (χ4n) is 3.23. The van der Waals surface area contributed by atoms with Gasteiger partial charge in [0, 0.05) is 24.0 Å². The Morgan fingerprint density at radius 3 is 2.67 bits per heavy atom. The fourth-order valence-corrected chi connectivity index (χ4v) is 3.23. The highest BCUT2D eigenvalue weighted by atomic mass is 16.5. The number of anilines is 1. The summed E-state index contributed by atoms with van der Waals surface area (Å²) in [4.78, 5) is 12.2. The van der Waals surface area contributed by atoms with E-state index in [9.17, 15) is 4.79 Å². The maximum Gasteiger partial charge on any atom is 0.273 e. The summed E-state index contributed by atoms with van der Waals surface area (Å²) >= 11 is 0. The van der Waals surface area contributed by atoms with Crippen LogP contribution in [0.4, 0.5) is 5.69 Å². The molecule has 5 N–H and O–H groups in total. The Morgan fingerprint density at radius 1 is 1.42 bits per heavy atom. The van der Waals surface area contributed by atoms with Crippen molar-refractivity contribution in [1.29, 1.82) is 5.41 Å². The number of amides is 1. The van der Waals surface area contributed by atoms with Gasteiger partial charge >= 0.3 is 0 Å². The van der Waals surface area contributed by atoms with Gasteiger partial charge in [0.05, 0.1) is 12.2 Å². The van der Waals surface area contributed by atoms with Gasteiger partial charge in [-0.15, -0.1) is 0 Å². The Hall–Kier alpha value is -2.18. The predicted molar refractivity (Wildman–Crippen MR) is 94.0 cm³/mol. The number of hydrogen-bond donors (Lipinski definition) is 4. The third kappa shape index (κ3) is 3.20. The van der Waals surface area contributed by atoms with Crippen LogP contribution in [0.2, 0.25) is 0 Å². The van der Waals surface area contributed by atoms with Crippen molar-refractivity contribution in [3.05, 3.63) is 41.1 Å². The first-order chi connectivity index (χ1) is 11.5. The van der Waals surface area contributed by atoms with Gasteiger partial charge in [-0.2, -0.15) is 0 Å². The van der Waals surface area contributed by atoms with Gasteiger partial charge in [-0.05, 0) is 43.0 Å². The maximum atomic E-state index is 12.2. The Morgan fingerprint density at radius 2 is 2.12 bits per heavy atom. The molecule has 0 spiro atoms. The summed E-state index contributed by atoms with van der Waals surface area (Å²) in [5, 5.41) is 14.1. The minimum atomic E-state index is -0.450. The van der Waals surface area contributed by atoms with E-state index in [1.165, 1.54) is 0 Å². The van der Waals surface area contributed by atoms with E-state index in [1.807, 2.05) is 31.2 Å². The third-order valence-electron chi connectivity index (χ3n) is 4.79. The van der Waals surface area contributed by atoms with Gasteiger partial charge in [0.2, 0.25) is 0 Å². The molecule has 1 aromatic rings. The van der Waals surface area contributed by atoms with Gasteiger partial charge in [-0.1, -0.05) is 19.1 Å². The summed E-state index contributed by atoms with van der Waals surface area (Å²) in [5.74, 6) is -0.450. The smallest absolute Gasteiger partial charge is 0.273 e. The average Bonchev–Trinajstić information content (AvgIpc) is 3.23. The van der Waals surface area contributed by atoms with Gasteiger partial charge in [-0.3, -0.25) is 10.2 Å². The van der Waals surface area contributed by atoms with Crippen LogP contribution in [0.15, 0.2) is 35.5 Å². The second-order valence-electron chi connectivity index (χ2n) is 6.38. The minimum Gasteiger partial charge on any atom is -0.402 e. The van der Waals surface area contributed by atoms with Gasteiger partial charge < -0.3 is 21.1 Å². The Labute approximate surface area is 142 Å². The molecule has 3 atom stereocenters. The van der Waals surface area contributed by atoms with E-state index < -0.39 is 5.91 Å². The van der Waals surface area contributed by atoms with Crippen LogP contribution in [-0.4, -0.2) is 30.3 Å². The van der Waals surface area contributed by atoms with Crippen LogP contribution in [0, 0.1) is 5.41 Å². The van der Waals surface area contributed by atoms with Crippen molar-refractivity contribution in [2.24, 2.45) is 5.73 Å².